The van der Waals surface area contributed by atoms with Crippen LogP contribution in [0.2, 0.25) is 0 Å². The van der Waals surface area contributed by atoms with E-state index < -0.39 is 0 Å². The summed E-state index contributed by atoms with van der Waals surface area (Å²) in [6.07, 6.45) is 2.39. The molecule has 20 heavy (non-hydrogen) atoms. The Morgan fingerprint density at radius 2 is 2.20 bits per heavy atom. The number of ether oxygens (including phenoxy) is 2. The zero-order valence-corrected chi connectivity index (χ0v) is 13.2. The molecule has 0 spiro atoms. The highest BCUT2D eigenvalue weighted by atomic mass is 127. The van der Waals surface area contributed by atoms with Crippen LogP contribution < -0.4 is 4.74 Å². The van der Waals surface area contributed by atoms with Gasteiger partial charge < -0.3 is 9.47 Å². The van der Waals surface area contributed by atoms with Crippen molar-refractivity contribution in [1.82, 2.24) is 4.98 Å². The Kier molecular flexibility index (Phi) is 3.78. The van der Waals surface area contributed by atoms with Crippen LogP contribution in [0.1, 0.15) is 30.1 Å². The van der Waals surface area contributed by atoms with Crippen molar-refractivity contribution in [3.8, 4) is 5.75 Å². The highest BCUT2D eigenvalue weighted by molar-refractivity contribution is 14.1. The fourth-order valence-electron chi connectivity index (χ4n) is 1.97. The van der Waals surface area contributed by atoms with Crippen molar-refractivity contribution in [2.45, 2.75) is 25.9 Å². The number of nitrogens with zero attached hydrogens (tertiary/aromatic N) is 1. The van der Waals surface area contributed by atoms with Crippen LogP contribution in [0.25, 0.3) is 10.9 Å². The van der Waals surface area contributed by atoms with Gasteiger partial charge in [0, 0.05) is 5.39 Å². The monoisotopic (exact) mass is 383 g/mol. The minimum absolute atomic E-state index is 0.260. The summed E-state index contributed by atoms with van der Waals surface area (Å²) in [5, 5.41) is 0.895. The lowest BCUT2D eigenvalue weighted by Gasteiger charge is -2.10. The highest BCUT2D eigenvalue weighted by Crippen LogP contribution is 2.33. The van der Waals surface area contributed by atoms with Gasteiger partial charge >= 0.3 is 5.97 Å². The van der Waals surface area contributed by atoms with Crippen LogP contribution in [-0.4, -0.2) is 23.7 Å². The van der Waals surface area contributed by atoms with Gasteiger partial charge in [0.05, 0.1) is 18.3 Å². The number of hydrogen-bond donors (Lipinski definition) is 0. The molecule has 3 rings (SSSR count). The predicted molar refractivity (Wildman–Crippen MR) is 84.1 cm³/mol. The predicted octanol–water partition coefficient (Wildman–Crippen LogP) is 3.56. The van der Waals surface area contributed by atoms with E-state index in [0.717, 1.165) is 27.4 Å². The van der Waals surface area contributed by atoms with Crippen LogP contribution in [0, 0.1) is 3.70 Å². The first-order chi connectivity index (χ1) is 9.67. The second-order valence-electron chi connectivity index (χ2n) is 4.72. The Labute approximate surface area is 130 Å². The molecular weight excluding hydrogens is 369 g/mol. The van der Waals surface area contributed by atoms with E-state index in [1.165, 1.54) is 0 Å². The second kappa shape index (κ2) is 5.55. The molecule has 0 radical (unpaired) electrons. The summed E-state index contributed by atoms with van der Waals surface area (Å²) in [5.74, 6) is 0.347. The molecule has 2 aromatic rings. The molecule has 1 aliphatic carbocycles. The van der Waals surface area contributed by atoms with Crippen LogP contribution in [0.3, 0.4) is 0 Å². The number of esters is 1. The summed E-state index contributed by atoms with van der Waals surface area (Å²) in [4.78, 5) is 16.4. The summed E-state index contributed by atoms with van der Waals surface area (Å²) in [6.45, 7) is 2.16. The second-order valence-corrected chi connectivity index (χ2v) is 5.82. The van der Waals surface area contributed by atoms with Crippen molar-refractivity contribution < 1.29 is 14.3 Å². The SMILES string of the molecule is CCOC(=O)c1cc(OC2CC2)c2nc(I)ccc2c1. The van der Waals surface area contributed by atoms with Gasteiger partial charge in [-0.2, -0.15) is 0 Å². The standard InChI is InChI=1S/C15H14INO3/c1-2-19-15(18)10-7-9-3-6-13(16)17-14(9)12(8-10)20-11-4-5-11/h3,6-8,11H,2,4-5H2,1H3. The largest absolute Gasteiger partial charge is 0.488 e. The Balaban J connectivity index is 2.09. The molecule has 1 heterocycles. The summed E-state index contributed by atoms with van der Waals surface area (Å²) >= 11 is 2.17. The molecule has 1 aromatic heterocycles. The average molecular weight is 383 g/mol. The van der Waals surface area contributed by atoms with Crippen LogP contribution >= 0.6 is 22.6 Å². The van der Waals surface area contributed by atoms with Gasteiger partial charge in [0.1, 0.15) is 15.0 Å². The summed E-state index contributed by atoms with van der Waals surface area (Å²) in [5.41, 5.74) is 1.31. The van der Waals surface area contributed by atoms with Crippen molar-refractivity contribution in [2.24, 2.45) is 0 Å². The number of halogens is 1. The number of rotatable bonds is 4. The van der Waals surface area contributed by atoms with Crippen LogP contribution in [0.15, 0.2) is 24.3 Å². The molecule has 0 amide bonds. The van der Waals surface area contributed by atoms with Crippen LogP contribution in [0.5, 0.6) is 5.75 Å². The number of carbonyl (C=O) groups is 1. The Hall–Kier alpha value is -1.37. The molecule has 0 aliphatic heterocycles. The third kappa shape index (κ3) is 2.87. The number of benzene rings is 1. The van der Waals surface area contributed by atoms with E-state index in [-0.39, 0.29) is 12.1 Å². The minimum atomic E-state index is -0.325. The molecule has 0 unspecified atom stereocenters. The molecule has 104 valence electrons. The number of fused-ring (bicyclic) bond motifs is 1. The lowest BCUT2D eigenvalue weighted by molar-refractivity contribution is 0.0526. The highest BCUT2D eigenvalue weighted by Gasteiger charge is 2.25. The summed E-state index contributed by atoms with van der Waals surface area (Å²) in [6, 6.07) is 7.41. The molecule has 0 bridgehead atoms. The Morgan fingerprint density at radius 3 is 2.90 bits per heavy atom. The van der Waals surface area contributed by atoms with Crippen LogP contribution in [0.4, 0.5) is 0 Å². The molecule has 0 atom stereocenters. The van der Waals surface area contributed by atoms with E-state index in [2.05, 4.69) is 27.6 Å². The number of carbonyl (C=O) groups excluding carboxylic acids is 1. The average Bonchev–Trinajstić information content (AvgIpc) is 3.23. The molecule has 4 nitrogen and oxygen atoms in total. The Morgan fingerprint density at radius 1 is 1.40 bits per heavy atom. The number of hydrogen-bond acceptors (Lipinski definition) is 4. The van der Waals surface area contributed by atoms with Gasteiger partial charge in [-0.15, -0.1) is 0 Å². The third-order valence-corrected chi connectivity index (χ3v) is 3.65. The fraction of sp³-hybridized carbons (Fsp3) is 0.333. The van der Waals surface area contributed by atoms with E-state index in [0.29, 0.717) is 17.9 Å². The zero-order chi connectivity index (χ0) is 14.1. The third-order valence-electron chi connectivity index (χ3n) is 3.05. The summed E-state index contributed by atoms with van der Waals surface area (Å²) < 4.78 is 11.9. The maximum absolute atomic E-state index is 11.9. The van der Waals surface area contributed by atoms with Crippen molar-refractivity contribution in [2.75, 3.05) is 6.61 Å². The van der Waals surface area contributed by atoms with Gasteiger partial charge in [-0.25, -0.2) is 9.78 Å². The topological polar surface area (TPSA) is 48.4 Å². The van der Waals surface area contributed by atoms with Gasteiger partial charge in [-0.1, -0.05) is 6.07 Å². The van der Waals surface area contributed by atoms with Crippen molar-refractivity contribution in [3.63, 3.8) is 0 Å². The molecular formula is C15H14INO3. The van der Waals surface area contributed by atoms with Crippen LogP contribution in [-0.2, 0) is 4.74 Å². The smallest absolute Gasteiger partial charge is 0.338 e. The van der Waals surface area contributed by atoms with Gasteiger partial charge in [-0.05, 0) is 60.6 Å². The van der Waals surface area contributed by atoms with Crippen molar-refractivity contribution in [3.05, 3.63) is 33.5 Å². The normalized spacial score (nSPS) is 14.3. The van der Waals surface area contributed by atoms with Gasteiger partial charge in [-0.3, -0.25) is 0 Å². The van der Waals surface area contributed by atoms with Gasteiger partial charge in [0.25, 0.3) is 0 Å². The quantitative estimate of drug-likeness (QED) is 0.460. The van der Waals surface area contributed by atoms with E-state index in [1.54, 1.807) is 19.1 Å². The molecule has 0 saturated heterocycles. The molecule has 1 fully saturated rings. The molecule has 1 saturated carbocycles. The molecule has 0 N–H and O–H groups in total. The number of pyridine rings is 1. The van der Waals surface area contributed by atoms with E-state index in [1.807, 2.05) is 12.1 Å². The zero-order valence-electron chi connectivity index (χ0n) is 11.1. The van der Waals surface area contributed by atoms with Crippen molar-refractivity contribution in [1.29, 1.82) is 0 Å². The van der Waals surface area contributed by atoms with E-state index >= 15 is 0 Å². The number of aromatic nitrogens is 1. The lowest BCUT2D eigenvalue weighted by Crippen LogP contribution is -2.06. The van der Waals surface area contributed by atoms with Gasteiger partial charge in [0.2, 0.25) is 0 Å². The fourth-order valence-corrected chi connectivity index (χ4v) is 2.39. The lowest BCUT2D eigenvalue weighted by atomic mass is 10.1. The molecule has 5 heteroatoms. The summed E-state index contributed by atoms with van der Waals surface area (Å²) in [7, 11) is 0. The maximum Gasteiger partial charge on any atom is 0.338 e. The first-order valence-corrected chi connectivity index (χ1v) is 7.69. The first kappa shape index (κ1) is 13.6. The van der Waals surface area contributed by atoms with Crippen molar-refractivity contribution >= 4 is 39.5 Å². The first-order valence-electron chi connectivity index (χ1n) is 6.61. The maximum atomic E-state index is 11.9. The van der Waals surface area contributed by atoms with E-state index in [4.69, 9.17) is 9.47 Å². The van der Waals surface area contributed by atoms with E-state index in [9.17, 15) is 4.79 Å². The molecule has 1 aromatic carbocycles. The minimum Gasteiger partial charge on any atom is -0.488 e. The molecule has 1 aliphatic rings. The van der Waals surface area contributed by atoms with Gasteiger partial charge in [0.15, 0.2) is 0 Å². The Bertz CT molecular complexity index is 667.